The minimum Gasteiger partial charge on any atom is -0.379 e. The molecule has 2 heteroatoms. The van der Waals surface area contributed by atoms with Gasteiger partial charge in [-0.15, -0.1) is 0 Å². The SMILES string of the molecule is CN=CCOC. The number of methoxy groups -OCH3 is 1. The van der Waals surface area contributed by atoms with E-state index < -0.39 is 0 Å². The van der Waals surface area contributed by atoms with Crippen molar-refractivity contribution in [3.05, 3.63) is 0 Å². The molecule has 0 radical (unpaired) electrons. The van der Waals surface area contributed by atoms with Gasteiger partial charge in [-0.05, 0) is 0 Å². The van der Waals surface area contributed by atoms with Gasteiger partial charge in [0.05, 0.1) is 6.61 Å². The van der Waals surface area contributed by atoms with Gasteiger partial charge in [-0.2, -0.15) is 0 Å². The second kappa shape index (κ2) is 4.63. The van der Waals surface area contributed by atoms with Crippen molar-refractivity contribution in [2.45, 2.75) is 0 Å². The number of nitrogens with zero attached hydrogens (tertiary/aromatic N) is 1. The van der Waals surface area contributed by atoms with E-state index in [4.69, 9.17) is 0 Å². The second-order valence-corrected chi connectivity index (χ2v) is 0.896. The summed E-state index contributed by atoms with van der Waals surface area (Å²) in [6, 6.07) is 0. The standard InChI is InChI=1S/C4H9NO/c1-5-3-4-6-2/h3H,4H2,1-2H3. The monoisotopic (exact) mass is 87.1 g/mol. The first-order valence-electron chi connectivity index (χ1n) is 1.81. The summed E-state index contributed by atoms with van der Waals surface area (Å²) in [5, 5.41) is 0. The molecule has 0 bridgehead atoms. The molecule has 0 aromatic heterocycles. The topological polar surface area (TPSA) is 21.6 Å². The molecular weight excluding hydrogens is 78.0 g/mol. The molecule has 0 rings (SSSR count). The lowest BCUT2D eigenvalue weighted by molar-refractivity contribution is 0.248. The van der Waals surface area contributed by atoms with E-state index in [1.807, 2.05) is 0 Å². The van der Waals surface area contributed by atoms with Crippen LogP contribution in [0.15, 0.2) is 4.99 Å². The summed E-state index contributed by atoms with van der Waals surface area (Å²) in [4.78, 5) is 3.68. The van der Waals surface area contributed by atoms with Crippen molar-refractivity contribution in [3.63, 3.8) is 0 Å². The Labute approximate surface area is 37.8 Å². The summed E-state index contributed by atoms with van der Waals surface area (Å²) >= 11 is 0. The molecule has 0 saturated carbocycles. The van der Waals surface area contributed by atoms with Gasteiger partial charge in [0.15, 0.2) is 0 Å². The van der Waals surface area contributed by atoms with Gasteiger partial charge in [0.1, 0.15) is 0 Å². The maximum atomic E-state index is 4.63. The molecule has 0 N–H and O–H groups in total. The fraction of sp³-hybridized carbons (Fsp3) is 0.750. The van der Waals surface area contributed by atoms with Crippen molar-refractivity contribution in [1.29, 1.82) is 0 Å². The normalized spacial score (nSPS) is 10.3. The Bertz CT molecular complexity index is 42.8. The Kier molecular flexibility index (Phi) is 4.34. The van der Waals surface area contributed by atoms with E-state index in [9.17, 15) is 0 Å². The summed E-state index contributed by atoms with van der Waals surface area (Å²) in [6.07, 6.45) is 1.71. The van der Waals surface area contributed by atoms with E-state index in [0.717, 1.165) is 0 Å². The molecule has 0 spiro atoms. The largest absolute Gasteiger partial charge is 0.379 e. The van der Waals surface area contributed by atoms with E-state index in [0.29, 0.717) is 6.61 Å². The zero-order valence-electron chi connectivity index (χ0n) is 4.14. The molecule has 2 nitrogen and oxygen atoms in total. The number of rotatable bonds is 2. The predicted octanol–water partition coefficient (Wildman–Crippen LogP) is 0.333. The molecule has 0 saturated heterocycles. The molecule has 0 fully saturated rings. The van der Waals surface area contributed by atoms with Gasteiger partial charge in [-0.3, -0.25) is 4.99 Å². The molecule has 0 atom stereocenters. The van der Waals surface area contributed by atoms with Crippen LogP contribution in [0.2, 0.25) is 0 Å². The van der Waals surface area contributed by atoms with Crippen molar-refractivity contribution in [3.8, 4) is 0 Å². The van der Waals surface area contributed by atoms with Crippen LogP contribution in [-0.4, -0.2) is 27.0 Å². The fourth-order valence-electron chi connectivity index (χ4n) is 0.149. The molecule has 0 aliphatic carbocycles. The van der Waals surface area contributed by atoms with Gasteiger partial charge in [0.25, 0.3) is 0 Å². The van der Waals surface area contributed by atoms with Crippen LogP contribution in [0.25, 0.3) is 0 Å². The Morgan fingerprint density at radius 2 is 2.50 bits per heavy atom. The van der Waals surface area contributed by atoms with Gasteiger partial charge in [-0.25, -0.2) is 0 Å². The molecule has 0 aromatic rings. The quantitative estimate of drug-likeness (QED) is 0.445. The second-order valence-electron chi connectivity index (χ2n) is 0.896. The van der Waals surface area contributed by atoms with Crippen molar-refractivity contribution in [1.82, 2.24) is 0 Å². The molecule has 6 heavy (non-hydrogen) atoms. The zero-order chi connectivity index (χ0) is 4.83. The van der Waals surface area contributed by atoms with Crippen LogP contribution in [0.3, 0.4) is 0 Å². The highest BCUT2D eigenvalue weighted by atomic mass is 16.5. The lowest BCUT2D eigenvalue weighted by Crippen LogP contribution is -1.86. The van der Waals surface area contributed by atoms with Crippen LogP contribution in [-0.2, 0) is 4.74 Å². The average molecular weight is 87.1 g/mol. The van der Waals surface area contributed by atoms with Gasteiger partial charge < -0.3 is 4.74 Å². The highest BCUT2D eigenvalue weighted by molar-refractivity contribution is 5.57. The van der Waals surface area contributed by atoms with Crippen molar-refractivity contribution in [2.75, 3.05) is 20.8 Å². The Morgan fingerprint density at radius 1 is 1.83 bits per heavy atom. The minimum absolute atomic E-state index is 0.622. The zero-order valence-corrected chi connectivity index (χ0v) is 4.14. The number of aliphatic imine (C=N–C) groups is 1. The van der Waals surface area contributed by atoms with Crippen LogP contribution in [0.5, 0.6) is 0 Å². The number of ether oxygens (including phenoxy) is 1. The summed E-state index contributed by atoms with van der Waals surface area (Å²) in [5.41, 5.74) is 0. The summed E-state index contributed by atoms with van der Waals surface area (Å²) in [5.74, 6) is 0. The summed E-state index contributed by atoms with van der Waals surface area (Å²) < 4.78 is 4.63. The van der Waals surface area contributed by atoms with E-state index in [1.165, 1.54) is 0 Å². The predicted molar refractivity (Wildman–Crippen MR) is 26.3 cm³/mol. The van der Waals surface area contributed by atoms with Crippen LogP contribution >= 0.6 is 0 Å². The summed E-state index contributed by atoms with van der Waals surface area (Å²) in [7, 11) is 3.36. The van der Waals surface area contributed by atoms with Crippen LogP contribution < -0.4 is 0 Å². The molecule has 0 heterocycles. The van der Waals surface area contributed by atoms with Crippen molar-refractivity contribution < 1.29 is 4.74 Å². The number of hydrogen-bond acceptors (Lipinski definition) is 2. The molecule has 0 unspecified atom stereocenters. The molecule has 0 aromatic carbocycles. The third kappa shape index (κ3) is 3.63. The van der Waals surface area contributed by atoms with Crippen LogP contribution in [0.4, 0.5) is 0 Å². The maximum Gasteiger partial charge on any atom is 0.0810 e. The van der Waals surface area contributed by atoms with E-state index in [-0.39, 0.29) is 0 Å². The lowest BCUT2D eigenvalue weighted by atomic mass is 10.8. The first-order valence-corrected chi connectivity index (χ1v) is 1.81. The van der Waals surface area contributed by atoms with E-state index in [2.05, 4.69) is 9.73 Å². The van der Waals surface area contributed by atoms with Crippen molar-refractivity contribution >= 4 is 6.21 Å². The fourth-order valence-corrected chi connectivity index (χ4v) is 0.149. The molecule has 36 valence electrons. The average Bonchev–Trinajstić information content (AvgIpc) is 1.61. The molecule has 0 amide bonds. The van der Waals surface area contributed by atoms with Gasteiger partial charge in [0, 0.05) is 20.4 Å². The number of hydrogen-bond donors (Lipinski definition) is 0. The maximum absolute atomic E-state index is 4.63. The third-order valence-electron chi connectivity index (χ3n) is 0.424. The van der Waals surface area contributed by atoms with Gasteiger partial charge in [0.2, 0.25) is 0 Å². The highest BCUT2D eigenvalue weighted by Crippen LogP contribution is 1.56. The van der Waals surface area contributed by atoms with E-state index in [1.54, 1.807) is 20.4 Å². The van der Waals surface area contributed by atoms with Crippen LogP contribution in [0.1, 0.15) is 0 Å². The molecule has 0 aliphatic heterocycles. The first-order chi connectivity index (χ1) is 2.91. The summed E-state index contributed by atoms with van der Waals surface area (Å²) in [6.45, 7) is 0.622. The Balaban J connectivity index is 2.66. The van der Waals surface area contributed by atoms with Gasteiger partial charge in [-0.1, -0.05) is 0 Å². The third-order valence-corrected chi connectivity index (χ3v) is 0.424. The molecular formula is C4H9NO. The van der Waals surface area contributed by atoms with Crippen LogP contribution in [0, 0.1) is 0 Å². The molecule has 0 aliphatic rings. The lowest BCUT2D eigenvalue weighted by Gasteiger charge is -1.81. The van der Waals surface area contributed by atoms with E-state index >= 15 is 0 Å². The van der Waals surface area contributed by atoms with Gasteiger partial charge >= 0.3 is 0 Å². The Morgan fingerprint density at radius 3 is 2.67 bits per heavy atom. The van der Waals surface area contributed by atoms with Crippen molar-refractivity contribution in [2.24, 2.45) is 4.99 Å². The first kappa shape index (κ1) is 5.63. The Hall–Kier alpha value is -0.370. The highest BCUT2D eigenvalue weighted by Gasteiger charge is 1.63. The minimum atomic E-state index is 0.622. The smallest absolute Gasteiger partial charge is 0.0810 e.